The molecule has 0 fully saturated rings. The third kappa shape index (κ3) is 2.87. The Labute approximate surface area is 114 Å². The van der Waals surface area contributed by atoms with Crippen LogP contribution >= 0.6 is 15.9 Å². The predicted molar refractivity (Wildman–Crippen MR) is 71.6 cm³/mol. The molecule has 0 radical (unpaired) electrons. The quantitative estimate of drug-likeness (QED) is 0.796. The van der Waals surface area contributed by atoms with Crippen molar-refractivity contribution in [2.24, 2.45) is 0 Å². The maximum absolute atomic E-state index is 5.75. The first-order chi connectivity index (χ1) is 8.74. The van der Waals surface area contributed by atoms with Gasteiger partial charge in [-0.05, 0) is 26.0 Å². The van der Waals surface area contributed by atoms with Crippen LogP contribution in [0.5, 0.6) is 5.75 Å². The Hall–Kier alpha value is -1.43. The standard InChI is InChI=1S/C12H15BrN4O/c1-3-17-12(14-8-15-17)7-18-11-5-4-9(2)16-10(11)6-13/h4-5,8H,3,6-7H2,1-2H3. The van der Waals surface area contributed by atoms with Crippen molar-refractivity contribution in [1.82, 2.24) is 19.7 Å². The molecule has 2 aromatic heterocycles. The summed E-state index contributed by atoms with van der Waals surface area (Å²) in [5.41, 5.74) is 1.88. The van der Waals surface area contributed by atoms with Crippen LogP contribution in [0, 0.1) is 6.92 Å². The van der Waals surface area contributed by atoms with E-state index in [-0.39, 0.29) is 0 Å². The van der Waals surface area contributed by atoms with Gasteiger partial charge in [-0.15, -0.1) is 0 Å². The molecule has 96 valence electrons. The van der Waals surface area contributed by atoms with Crippen LogP contribution in [0.4, 0.5) is 0 Å². The monoisotopic (exact) mass is 310 g/mol. The third-order valence-electron chi connectivity index (χ3n) is 2.55. The molecule has 0 aromatic carbocycles. The highest BCUT2D eigenvalue weighted by atomic mass is 79.9. The molecule has 0 unspecified atom stereocenters. The first-order valence-electron chi connectivity index (χ1n) is 5.76. The van der Waals surface area contributed by atoms with Gasteiger partial charge in [-0.3, -0.25) is 4.98 Å². The van der Waals surface area contributed by atoms with E-state index in [1.54, 1.807) is 6.33 Å². The summed E-state index contributed by atoms with van der Waals surface area (Å²) in [6.07, 6.45) is 1.54. The summed E-state index contributed by atoms with van der Waals surface area (Å²) >= 11 is 3.41. The molecule has 2 aromatic rings. The van der Waals surface area contributed by atoms with Crippen LogP contribution in [0.3, 0.4) is 0 Å². The van der Waals surface area contributed by atoms with E-state index in [0.29, 0.717) is 11.9 Å². The molecule has 0 saturated carbocycles. The zero-order valence-electron chi connectivity index (χ0n) is 10.4. The Kier molecular flexibility index (Phi) is 4.30. The fraction of sp³-hybridized carbons (Fsp3) is 0.417. The lowest BCUT2D eigenvalue weighted by atomic mass is 10.3. The maximum atomic E-state index is 5.75. The van der Waals surface area contributed by atoms with Crippen LogP contribution in [-0.2, 0) is 18.5 Å². The number of ether oxygens (including phenoxy) is 1. The molecule has 18 heavy (non-hydrogen) atoms. The summed E-state index contributed by atoms with van der Waals surface area (Å²) in [5.74, 6) is 1.60. The zero-order chi connectivity index (χ0) is 13.0. The van der Waals surface area contributed by atoms with Crippen molar-refractivity contribution in [1.29, 1.82) is 0 Å². The second kappa shape index (κ2) is 5.95. The average molecular weight is 311 g/mol. The molecule has 0 amide bonds. The molecule has 5 nitrogen and oxygen atoms in total. The van der Waals surface area contributed by atoms with E-state index in [1.165, 1.54) is 0 Å². The minimum Gasteiger partial charge on any atom is -0.484 e. The molecular formula is C12H15BrN4O. The number of nitrogens with zero attached hydrogens (tertiary/aromatic N) is 4. The Bertz CT molecular complexity index is 527. The highest BCUT2D eigenvalue weighted by molar-refractivity contribution is 9.08. The molecule has 6 heteroatoms. The molecule has 0 saturated heterocycles. The number of alkyl halides is 1. The lowest BCUT2D eigenvalue weighted by Gasteiger charge is -2.10. The van der Waals surface area contributed by atoms with E-state index in [9.17, 15) is 0 Å². The topological polar surface area (TPSA) is 52.8 Å². The van der Waals surface area contributed by atoms with Crippen LogP contribution in [0.1, 0.15) is 24.1 Å². The van der Waals surface area contributed by atoms with Gasteiger partial charge in [0.15, 0.2) is 5.82 Å². The average Bonchev–Trinajstić information content (AvgIpc) is 2.84. The summed E-state index contributed by atoms with van der Waals surface area (Å²) in [6.45, 7) is 5.17. The third-order valence-corrected chi connectivity index (χ3v) is 3.08. The summed E-state index contributed by atoms with van der Waals surface area (Å²) in [4.78, 5) is 8.59. The number of hydrogen-bond donors (Lipinski definition) is 0. The van der Waals surface area contributed by atoms with E-state index >= 15 is 0 Å². The molecule has 0 spiro atoms. The minimum absolute atomic E-state index is 0.401. The molecule has 0 aliphatic heterocycles. The normalized spacial score (nSPS) is 10.6. The lowest BCUT2D eigenvalue weighted by molar-refractivity contribution is 0.284. The van der Waals surface area contributed by atoms with Crippen LogP contribution in [0.25, 0.3) is 0 Å². The van der Waals surface area contributed by atoms with Gasteiger partial charge in [-0.1, -0.05) is 15.9 Å². The lowest BCUT2D eigenvalue weighted by Crippen LogP contribution is -2.08. The minimum atomic E-state index is 0.401. The smallest absolute Gasteiger partial charge is 0.164 e. The second-order valence-electron chi connectivity index (χ2n) is 3.81. The number of halogens is 1. The van der Waals surface area contributed by atoms with Crippen molar-refractivity contribution in [3.05, 3.63) is 35.7 Å². The van der Waals surface area contributed by atoms with Crippen molar-refractivity contribution in [2.75, 3.05) is 0 Å². The van der Waals surface area contributed by atoms with Crippen LogP contribution < -0.4 is 4.74 Å². The Morgan fingerprint density at radius 2 is 2.22 bits per heavy atom. The first-order valence-corrected chi connectivity index (χ1v) is 6.88. The number of hydrogen-bond acceptors (Lipinski definition) is 4. The SMILES string of the molecule is CCn1ncnc1COc1ccc(C)nc1CBr. The van der Waals surface area contributed by atoms with Gasteiger partial charge in [-0.25, -0.2) is 9.67 Å². The summed E-state index contributed by atoms with van der Waals surface area (Å²) < 4.78 is 7.57. The fourth-order valence-electron chi connectivity index (χ4n) is 1.63. The van der Waals surface area contributed by atoms with Crippen molar-refractivity contribution in [2.45, 2.75) is 32.3 Å². The molecule has 0 aliphatic carbocycles. The number of pyridine rings is 1. The largest absolute Gasteiger partial charge is 0.484 e. The fourth-order valence-corrected chi connectivity index (χ4v) is 2.03. The highest BCUT2D eigenvalue weighted by Gasteiger charge is 2.08. The van der Waals surface area contributed by atoms with Crippen molar-refractivity contribution >= 4 is 15.9 Å². The summed E-state index contributed by atoms with van der Waals surface area (Å²) in [7, 11) is 0. The molecular weight excluding hydrogens is 296 g/mol. The van der Waals surface area contributed by atoms with Gasteiger partial charge in [-0.2, -0.15) is 5.10 Å². The number of aryl methyl sites for hydroxylation is 2. The van der Waals surface area contributed by atoms with E-state index < -0.39 is 0 Å². The van der Waals surface area contributed by atoms with E-state index in [4.69, 9.17) is 4.74 Å². The van der Waals surface area contributed by atoms with Gasteiger partial charge in [0.25, 0.3) is 0 Å². The molecule has 0 aliphatic rings. The van der Waals surface area contributed by atoms with Crippen molar-refractivity contribution in [3.8, 4) is 5.75 Å². The predicted octanol–water partition coefficient (Wildman–Crippen LogP) is 2.48. The molecule has 0 N–H and O–H groups in total. The van der Waals surface area contributed by atoms with Gasteiger partial charge in [0, 0.05) is 17.6 Å². The highest BCUT2D eigenvalue weighted by Crippen LogP contribution is 2.20. The van der Waals surface area contributed by atoms with Gasteiger partial charge >= 0.3 is 0 Å². The van der Waals surface area contributed by atoms with Crippen LogP contribution in [0.15, 0.2) is 18.5 Å². The van der Waals surface area contributed by atoms with E-state index in [0.717, 1.165) is 29.5 Å². The van der Waals surface area contributed by atoms with Gasteiger partial charge < -0.3 is 4.74 Å². The van der Waals surface area contributed by atoms with E-state index in [2.05, 4.69) is 31.0 Å². The zero-order valence-corrected chi connectivity index (χ0v) is 12.0. The summed E-state index contributed by atoms with van der Waals surface area (Å²) in [5, 5.41) is 4.78. The van der Waals surface area contributed by atoms with Crippen molar-refractivity contribution < 1.29 is 4.74 Å². The number of rotatable bonds is 5. The van der Waals surface area contributed by atoms with Gasteiger partial charge in [0.1, 0.15) is 18.7 Å². The van der Waals surface area contributed by atoms with Crippen LogP contribution in [0.2, 0.25) is 0 Å². The summed E-state index contributed by atoms with van der Waals surface area (Å²) in [6, 6.07) is 3.87. The molecule has 2 rings (SSSR count). The van der Waals surface area contributed by atoms with E-state index in [1.807, 2.05) is 30.7 Å². The van der Waals surface area contributed by atoms with Gasteiger partial charge in [0.2, 0.25) is 0 Å². The maximum Gasteiger partial charge on any atom is 0.164 e. The first kappa shape index (κ1) is 13.0. The Morgan fingerprint density at radius 1 is 1.39 bits per heavy atom. The molecule has 0 atom stereocenters. The van der Waals surface area contributed by atoms with Gasteiger partial charge in [0.05, 0.1) is 5.69 Å². The van der Waals surface area contributed by atoms with Crippen molar-refractivity contribution in [3.63, 3.8) is 0 Å². The number of aromatic nitrogens is 4. The molecule has 0 bridgehead atoms. The second-order valence-corrected chi connectivity index (χ2v) is 4.37. The molecule has 2 heterocycles. The Balaban J connectivity index is 2.10. The van der Waals surface area contributed by atoms with Crippen LogP contribution in [-0.4, -0.2) is 19.7 Å². The Morgan fingerprint density at radius 3 is 2.94 bits per heavy atom.